The molecule has 3 atom stereocenters. The predicted octanol–water partition coefficient (Wildman–Crippen LogP) is 3.20. The lowest BCUT2D eigenvalue weighted by atomic mass is 9.89. The maximum Gasteiger partial charge on any atom is 0.122 e. The molecule has 0 spiro atoms. The number of hydrogen-bond donors (Lipinski definition) is 0. The summed E-state index contributed by atoms with van der Waals surface area (Å²) in [5.41, 5.74) is 0. The van der Waals surface area contributed by atoms with Gasteiger partial charge in [-0.3, -0.25) is 0 Å². The van der Waals surface area contributed by atoms with E-state index < -0.39 is 0 Å². The zero-order valence-electron chi connectivity index (χ0n) is 8.70. The van der Waals surface area contributed by atoms with Crippen LogP contribution in [-0.2, 0) is 4.79 Å². The molecule has 0 saturated heterocycles. The molecule has 0 aromatic heterocycles. The Morgan fingerprint density at radius 1 is 1.62 bits per heavy atom. The van der Waals surface area contributed by atoms with Gasteiger partial charge in [0.25, 0.3) is 0 Å². The van der Waals surface area contributed by atoms with Crippen LogP contribution in [0.2, 0.25) is 0 Å². The van der Waals surface area contributed by atoms with Crippen molar-refractivity contribution in [1.29, 1.82) is 0 Å². The molecular weight excluding hydrogens is 160 g/mol. The van der Waals surface area contributed by atoms with Gasteiger partial charge in [-0.1, -0.05) is 26.0 Å². The van der Waals surface area contributed by atoms with Crippen LogP contribution >= 0.6 is 0 Å². The molecule has 1 rings (SSSR count). The SMILES string of the molecule is CC(C=O)CC1C=CCCC(C)C1. The van der Waals surface area contributed by atoms with Gasteiger partial charge in [0.1, 0.15) is 6.29 Å². The van der Waals surface area contributed by atoms with Crippen LogP contribution in [-0.4, -0.2) is 6.29 Å². The van der Waals surface area contributed by atoms with Crippen molar-refractivity contribution in [3.8, 4) is 0 Å². The molecule has 0 radical (unpaired) electrons. The summed E-state index contributed by atoms with van der Waals surface area (Å²) in [5.74, 6) is 1.68. The van der Waals surface area contributed by atoms with Crippen molar-refractivity contribution in [3.05, 3.63) is 12.2 Å². The summed E-state index contributed by atoms with van der Waals surface area (Å²) in [4.78, 5) is 10.5. The molecule has 1 aliphatic rings. The first-order chi connectivity index (χ1) is 6.22. The fraction of sp³-hybridized carbons (Fsp3) is 0.750. The molecule has 3 unspecified atom stereocenters. The molecular formula is C12H20O. The fourth-order valence-corrected chi connectivity index (χ4v) is 2.09. The minimum Gasteiger partial charge on any atom is -0.303 e. The maximum absolute atomic E-state index is 10.5. The first kappa shape index (κ1) is 10.5. The van der Waals surface area contributed by atoms with E-state index in [0.717, 1.165) is 18.6 Å². The van der Waals surface area contributed by atoms with E-state index in [2.05, 4.69) is 19.1 Å². The Hall–Kier alpha value is -0.590. The molecule has 1 heteroatoms. The third kappa shape index (κ3) is 3.75. The molecule has 0 bridgehead atoms. The average Bonchev–Trinajstić information content (AvgIpc) is 2.30. The summed E-state index contributed by atoms with van der Waals surface area (Å²) < 4.78 is 0. The first-order valence-electron chi connectivity index (χ1n) is 5.34. The second kappa shape index (κ2) is 5.21. The van der Waals surface area contributed by atoms with Gasteiger partial charge in [0.15, 0.2) is 0 Å². The molecule has 1 nitrogen and oxygen atoms in total. The lowest BCUT2D eigenvalue weighted by Crippen LogP contribution is -2.08. The number of rotatable bonds is 3. The molecule has 0 aromatic carbocycles. The van der Waals surface area contributed by atoms with Crippen molar-refractivity contribution >= 4 is 6.29 Å². The molecule has 74 valence electrons. The highest BCUT2D eigenvalue weighted by Gasteiger charge is 2.15. The Kier molecular flexibility index (Phi) is 4.20. The number of hydrogen-bond acceptors (Lipinski definition) is 1. The van der Waals surface area contributed by atoms with E-state index >= 15 is 0 Å². The third-order valence-electron chi connectivity index (χ3n) is 2.85. The van der Waals surface area contributed by atoms with Gasteiger partial charge >= 0.3 is 0 Å². The topological polar surface area (TPSA) is 17.1 Å². The fourth-order valence-electron chi connectivity index (χ4n) is 2.09. The average molecular weight is 180 g/mol. The number of carbonyl (C=O) groups excluding carboxylic acids is 1. The molecule has 0 amide bonds. The smallest absolute Gasteiger partial charge is 0.122 e. The highest BCUT2D eigenvalue weighted by atomic mass is 16.1. The second-order valence-electron chi connectivity index (χ2n) is 4.46. The largest absolute Gasteiger partial charge is 0.303 e. The van der Waals surface area contributed by atoms with Crippen LogP contribution in [0, 0.1) is 17.8 Å². The molecule has 0 heterocycles. The zero-order valence-corrected chi connectivity index (χ0v) is 8.70. The van der Waals surface area contributed by atoms with Gasteiger partial charge in [0, 0.05) is 5.92 Å². The quantitative estimate of drug-likeness (QED) is 0.481. The van der Waals surface area contributed by atoms with Gasteiger partial charge in [0.05, 0.1) is 0 Å². The van der Waals surface area contributed by atoms with E-state index in [1.165, 1.54) is 19.3 Å². The molecule has 0 aliphatic heterocycles. The molecule has 0 saturated carbocycles. The molecule has 0 aromatic rings. The summed E-state index contributed by atoms with van der Waals surface area (Å²) >= 11 is 0. The van der Waals surface area contributed by atoms with Crippen LogP contribution in [0.4, 0.5) is 0 Å². The van der Waals surface area contributed by atoms with Crippen LogP contribution in [0.15, 0.2) is 12.2 Å². The van der Waals surface area contributed by atoms with Gasteiger partial charge < -0.3 is 4.79 Å². The summed E-state index contributed by atoms with van der Waals surface area (Å²) in [6.07, 6.45) is 10.5. The first-order valence-corrected chi connectivity index (χ1v) is 5.34. The summed E-state index contributed by atoms with van der Waals surface area (Å²) in [6.45, 7) is 4.32. The molecule has 1 aliphatic carbocycles. The van der Waals surface area contributed by atoms with Crippen molar-refractivity contribution in [1.82, 2.24) is 0 Å². The van der Waals surface area contributed by atoms with E-state index in [4.69, 9.17) is 0 Å². The normalized spacial score (nSPS) is 30.9. The predicted molar refractivity (Wildman–Crippen MR) is 55.5 cm³/mol. The van der Waals surface area contributed by atoms with Crippen LogP contribution in [0.25, 0.3) is 0 Å². The van der Waals surface area contributed by atoms with Gasteiger partial charge in [-0.25, -0.2) is 0 Å². The zero-order chi connectivity index (χ0) is 9.68. The van der Waals surface area contributed by atoms with E-state index in [0.29, 0.717) is 5.92 Å². The molecule has 13 heavy (non-hydrogen) atoms. The Balaban J connectivity index is 2.42. The van der Waals surface area contributed by atoms with E-state index in [1.54, 1.807) is 0 Å². The van der Waals surface area contributed by atoms with Crippen molar-refractivity contribution in [2.75, 3.05) is 0 Å². The van der Waals surface area contributed by atoms with Crippen LogP contribution in [0.3, 0.4) is 0 Å². The highest BCUT2D eigenvalue weighted by Crippen LogP contribution is 2.26. The highest BCUT2D eigenvalue weighted by molar-refractivity contribution is 5.52. The van der Waals surface area contributed by atoms with Crippen molar-refractivity contribution in [2.24, 2.45) is 17.8 Å². The van der Waals surface area contributed by atoms with Crippen molar-refractivity contribution < 1.29 is 4.79 Å². The minimum atomic E-state index is 0.222. The summed E-state index contributed by atoms with van der Waals surface area (Å²) in [5, 5.41) is 0. The van der Waals surface area contributed by atoms with Gasteiger partial charge in [-0.15, -0.1) is 0 Å². The van der Waals surface area contributed by atoms with E-state index in [1.807, 2.05) is 6.92 Å². The summed E-state index contributed by atoms with van der Waals surface area (Å²) in [7, 11) is 0. The van der Waals surface area contributed by atoms with Crippen LogP contribution in [0.5, 0.6) is 0 Å². The Labute approximate surface area is 81.2 Å². The standard InChI is InChI=1S/C12H20O/c1-10-5-3-4-6-12(7-10)8-11(2)9-13/h4,6,9-12H,3,5,7-8H2,1-2H3. The summed E-state index contributed by atoms with van der Waals surface area (Å²) in [6, 6.07) is 0. The van der Waals surface area contributed by atoms with E-state index in [9.17, 15) is 4.79 Å². The van der Waals surface area contributed by atoms with Crippen molar-refractivity contribution in [2.45, 2.75) is 39.5 Å². The third-order valence-corrected chi connectivity index (χ3v) is 2.85. The number of carbonyl (C=O) groups is 1. The number of aldehydes is 1. The monoisotopic (exact) mass is 180 g/mol. The molecule has 0 N–H and O–H groups in total. The van der Waals surface area contributed by atoms with Gasteiger partial charge in [-0.05, 0) is 37.5 Å². The Bertz CT molecular complexity index is 184. The van der Waals surface area contributed by atoms with Crippen LogP contribution in [0.1, 0.15) is 39.5 Å². The van der Waals surface area contributed by atoms with Gasteiger partial charge in [0.2, 0.25) is 0 Å². The lowest BCUT2D eigenvalue weighted by Gasteiger charge is -2.16. The van der Waals surface area contributed by atoms with Crippen LogP contribution < -0.4 is 0 Å². The lowest BCUT2D eigenvalue weighted by molar-refractivity contribution is -0.111. The Morgan fingerprint density at radius 3 is 3.08 bits per heavy atom. The minimum absolute atomic E-state index is 0.222. The molecule has 0 fully saturated rings. The van der Waals surface area contributed by atoms with Crippen molar-refractivity contribution in [3.63, 3.8) is 0 Å². The maximum atomic E-state index is 10.5. The van der Waals surface area contributed by atoms with Gasteiger partial charge in [-0.2, -0.15) is 0 Å². The second-order valence-corrected chi connectivity index (χ2v) is 4.46. The Morgan fingerprint density at radius 2 is 2.38 bits per heavy atom. The number of allylic oxidation sites excluding steroid dienone is 2. The van der Waals surface area contributed by atoms with E-state index in [-0.39, 0.29) is 5.92 Å².